The summed E-state index contributed by atoms with van der Waals surface area (Å²) in [6.07, 6.45) is 2.38. The van der Waals surface area contributed by atoms with Crippen LogP contribution in [0.5, 0.6) is 0 Å². The Morgan fingerprint density at radius 2 is 1.85 bits per heavy atom. The predicted molar refractivity (Wildman–Crippen MR) is 125 cm³/mol. The largest absolute Gasteiger partial charge is 0.379 e. The lowest BCUT2D eigenvalue weighted by molar-refractivity contribution is 0.0372. The van der Waals surface area contributed by atoms with Crippen molar-refractivity contribution < 1.29 is 4.74 Å². The zero-order valence-electron chi connectivity index (χ0n) is 17.2. The Morgan fingerprint density at radius 3 is 2.52 bits per heavy atom. The molecule has 1 unspecified atom stereocenters. The Morgan fingerprint density at radius 1 is 1.15 bits per heavy atom. The fourth-order valence-electron chi connectivity index (χ4n) is 3.06. The zero-order valence-corrected chi connectivity index (χ0v) is 19.5. The minimum Gasteiger partial charge on any atom is -0.379 e. The summed E-state index contributed by atoms with van der Waals surface area (Å²) in [6, 6.07) is 8.77. The van der Waals surface area contributed by atoms with Gasteiger partial charge in [-0.25, -0.2) is 0 Å². The highest BCUT2D eigenvalue weighted by Gasteiger charge is 2.09. The molecule has 1 fully saturated rings. The van der Waals surface area contributed by atoms with Gasteiger partial charge in [0.1, 0.15) is 0 Å². The molecule has 1 heterocycles. The lowest BCUT2D eigenvalue weighted by Crippen LogP contribution is -2.39. The van der Waals surface area contributed by atoms with Gasteiger partial charge >= 0.3 is 0 Å². The molecular formula is C21H37IN4O. The van der Waals surface area contributed by atoms with Crippen LogP contribution in [0.1, 0.15) is 43.7 Å². The van der Waals surface area contributed by atoms with Gasteiger partial charge in [0.25, 0.3) is 0 Å². The third-order valence-electron chi connectivity index (χ3n) is 4.81. The number of aryl methyl sites for hydroxylation is 1. The molecule has 1 aliphatic heterocycles. The first-order valence-corrected chi connectivity index (χ1v) is 10.1. The van der Waals surface area contributed by atoms with E-state index in [0.29, 0.717) is 5.92 Å². The predicted octanol–water partition coefficient (Wildman–Crippen LogP) is 3.38. The molecule has 154 valence electrons. The van der Waals surface area contributed by atoms with E-state index in [1.54, 1.807) is 0 Å². The summed E-state index contributed by atoms with van der Waals surface area (Å²) < 4.78 is 5.39. The topological polar surface area (TPSA) is 48.9 Å². The second-order valence-electron chi connectivity index (χ2n) is 7.12. The molecule has 1 atom stereocenters. The number of guanidine groups is 1. The molecule has 2 N–H and O–H groups in total. The van der Waals surface area contributed by atoms with E-state index in [0.717, 1.165) is 58.3 Å². The van der Waals surface area contributed by atoms with Crippen LogP contribution in [0.25, 0.3) is 0 Å². The van der Waals surface area contributed by atoms with E-state index in [4.69, 9.17) is 9.73 Å². The maximum absolute atomic E-state index is 5.39. The van der Waals surface area contributed by atoms with E-state index in [1.807, 2.05) is 0 Å². The molecule has 0 aliphatic carbocycles. The lowest BCUT2D eigenvalue weighted by atomic mass is 10.0. The summed E-state index contributed by atoms with van der Waals surface area (Å²) in [6.45, 7) is 14.2. The molecule has 0 radical (unpaired) electrons. The molecular weight excluding hydrogens is 451 g/mol. The van der Waals surface area contributed by atoms with Gasteiger partial charge < -0.3 is 15.4 Å². The minimum atomic E-state index is 0. The SMILES string of the molecule is CCNC(=NCC(C)c1ccc(C)cc1)NCCCCN1CCOCC1.I. The van der Waals surface area contributed by atoms with E-state index in [1.165, 1.54) is 24.1 Å². The van der Waals surface area contributed by atoms with Crippen molar-refractivity contribution >= 4 is 29.9 Å². The van der Waals surface area contributed by atoms with Gasteiger partial charge in [-0.15, -0.1) is 24.0 Å². The summed E-state index contributed by atoms with van der Waals surface area (Å²) in [5.41, 5.74) is 2.65. The Labute approximate surface area is 182 Å². The van der Waals surface area contributed by atoms with Gasteiger partial charge in [0.2, 0.25) is 0 Å². The maximum Gasteiger partial charge on any atom is 0.191 e. The van der Waals surface area contributed by atoms with Crippen molar-refractivity contribution in [2.45, 2.75) is 39.5 Å². The third kappa shape index (κ3) is 9.76. The highest BCUT2D eigenvalue weighted by atomic mass is 127. The van der Waals surface area contributed by atoms with E-state index < -0.39 is 0 Å². The number of rotatable bonds is 9. The quantitative estimate of drug-likeness (QED) is 0.242. The average Bonchev–Trinajstić information content (AvgIpc) is 2.67. The average molecular weight is 488 g/mol. The van der Waals surface area contributed by atoms with E-state index >= 15 is 0 Å². The monoisotopic (exact) mass is 488 g/mol. The van der Waals surface area contributed by atoms with Crippen LogP contribution in [0.3, 0.4) is 0 Å². The first-order valence-electron chi connectivity index (χ1n) is 10.1. The van der Waals surface area contributed by atoms with Crippen LogP contribution in [-0.2, 0) is 4.74 Å². The molecule has 0 saturated carbocycles. The van der Waals surface area contributed by atoms with E-state index in [2.05, 4.69) is 60.6 Å². The van der Waals surface area contributed by atoms with E-state index in [-0.39, 0.29) is 24.0 Å². The van der Waals surface area contributed by atoms with Crippen LogP contribution in [0.4, 0.5) is 0 Å². The summed E-state index contributed by atoms with van der Waals surface area (Å²) in [7, 11) is 0. The van der Waals surface area contributed by atoms with Gasteiger partial charge in [0.15, 0.2) is 5.96 Å². The van der Waals surface area contributed by atoms with Gasteiger partial charge in [0, 0.05) is 38.6 Å². The standard InChI is InChI=1S/C21H36N4O.HI/c1-4-22-21(23-11-5-6-12-25-13-15-26-16-14-25)24-17-19(3)20-9-7-18(2)8-10-20;/h7-10,19H,4-6,11-17H2,1-3H3,(H2,22,23,24);1H. The fraction of sp³-hybridized carbons (Fsp3) is 0.667. The molecule has 0 amide bonds. The molecule has 1 aliphatic rings. The number of ether oxygens (including phenoxy) is 1. The van der Waals surface area contributed by atoms with Crippen LogP contribution in [0.2, 0.25) is 0 Å². The van der Waals surface area contributed by atoms with Crippen LogP contribution in [0, 0.1) is 6.92 Å². The second kappa shape index (κ2) is 14.2. The van der Waals surface area contributed by atoms with Gasteiger partial charge in [-0.2, -0.15) is 0 Å². The van der Waals surface area contributed by atoms with Crippen molar-refractivity contribution in [1.29, 1.82) is 0 Å². The molecule has 6 heteroatoms. The van der Waals surface area contributed by atoms with Gasteiger partial charge in [-0.1, -0.05) is 36.8 Å². The lowest BCUT2D eigenvalue weighted by Gasteiger charge is -2.26. The van der Waals surface area contributed by atoms with Crippen LogP contribution >= 0.6 is 24.0 Å². The molecule has 1 saturated heterocycles. The highest BCUT2D eigenvalue weighted by molar-refractivity contribution is 14.0. The highest BCUT2D eigenvalue weighted by Crippen LogP contribution is 2.15. The molecule has 0 spiro atoms. The number of aliphatic imine (C=N–C) groups is 1. The third-order valence-corrected chi connectivity index (χ3v) is 4.81. The minimum absolute atomic E-state index is 0. The number of halogens is 1. The second-order valence-corrected chi connectivity index (χ2v) is 7.12. The summed E-state index contributed by atoms with van der Waals surface area (Å²) in [4.78, 5) is 7.26. The number of benzene rings is 1. The number of unbranched alkanes of at least 4 members (excludes halogenated alkanes) is 1. The molecule has 0 aromatic heterocycles. The van der Waals surface area contributed by atoms with Gasteiger partial charge in [-0.3, -0.25) is 9.89 Å². The van der Waals surface area contributed by atoms with Crippen molar-refractivity contribution in [2.75, 3.05) is 52.5 Å². The number of hydrogen-bond donors (Lipinski definition) is 2. The van der Waals surface area contributed by atoms with Crippen LogP contribution < -0.4 is 10.6 Å². The Balaban J connectivity index is 0.00000364. The van der Waals surface area contributed by atoms with Crippen molar-refractivity contribution in [3.8, 4) is 0 Å². The first kappa shape index (κ1) is 24.2. The summed E-state index contributed by atoms with van der Waals surface area (Å²) in [5.74, 6) is 1.35. The summed E-state index contributed by atoms with van der Waals surface area (Å²) in [5, 5.41) is 6.82. The van der Waals surface area contributed by atoms with Crippen molar-refractivity contribution in [3.05, 3.63) is 35.4 Å². The molecule has 0 bridgehead atoms. The summed E-state index contributed by atoms with van der Waals surface area (Å²) >= 11 is 0. The number of nitrogens with one attached hydrogen (secondary N) is 2. The smallest absolute Gasteiger partial charge is 0.191 e. The fourth-order valence-corrected chi connectivity index (χ4v) is 3.06. The van der Waals surface area contributed by atoms with Crippen molar-refractivity contribution in [3.63, 3.8) is 0 Å². The molecule has 1 aromatic rings. The number of hydrogen-bond acceptors (Lipinski definition) is 3. The van der Waals surface area contributed by atoms with Gasteiger partial charge in [0.05, 0.1) is 13.2 Å². The normalized spacial score (nSPS) is 16.5. The van der Waals surface area contributed by atoms with Crippen LogP contribution in [0.15, 0.2) is 29.3 Å². The zero-order chi connectivity index (χ0) is 18.6. The van der Waals surface area contributed by atoms with Gasteiger partial charge in [-0.05, 0) is 38.8 Å². The Hall–Kier alpha value is -0.860. The van der Waals surface area contributed by atoms with Crippen molar-refractivity contribution in [1.82, 2.24) is 15.5 Å². The number of nitrogens with zero attached hydrogens (tertiary/aromatic N) is 2. The molecule has 27 heavy (non-hydrogen) atoms. The first-order chi connectivity index (χ1) is 12.7. The Kier molecular flexibility index (Phi) is 12.7. The van der Waals surface area contributed by atoms with Crippen LogP contribution in [-0.4, -0.2) is 63.3 Å². The molecule has 2 rings (SSSR count). The van der Waals surface area contributed by atoms with Crippen molar-refractivity contribution in [2.24, 2.45) is 4.99 Å². The molecule has 1 aromatic carbocycles. The molecule has 5 nitrogen and oxygen atoms in total. The maximum atomic E-state index is 5.39. The Bertz CT molecular complexity index is 529. The number of morpholine rings is 1. The van der Waals surface area contributed by atoms with E-state index in [9.17, 15) is 0 Å².